The molecule has 21 heavy (non-hydrogen) atoms. The van der Waals surface area contributed by atoms with Crippen LogP contribution >= 0.6 is 33.9 Å². The summed E-state index contributed by atoms with van der Waals surface area (Å²) in [5, 5.41) is 3.25. The Morgan fingerprint density at radius 2 is 1.95 bits per heavy atom. The van der Waals surface area contributed by atoms with Crippen LogP contribution in [0.4, 0.5) is 5.00 Å². The third-order valence-corrected chi connectivity index (χ3v) is 4.79. The summed E-state index contributed by atoms with van der Waals surface area (Å²) < 4.78 is 6.07. The molecule has 0 saturated carbocycles. The average molecular weight is 415 g/mol. The highest BCUT2D eigenvalue weighted by atomic mass is 127. The van der Waals surface area contributed by atoms with Gasteiger partial charge in [0.05, 0.1) is 9.49 Å². The normalized spacial score (nSPS) is 10.2. The number of carbonyl (C=O) groups is 2. The van der Waals surface area contributed by atoms with Crippen molar-refractivity contribution in [1.29, 1.82) is 0 Å². The number of hydrogen-bond acceptors (Lipinski definition) is 4. The molecule has 0 saturated heterocycles. The predicted octanol–water partition coefficient (Wildman–Crippen LogP) is 4.15. The molecule has 1 N–H and O–H groups in total. The Bertz CT molecular complexity index is 667. The van der Waals surface area contributed by atoms with Crippen LogP contribution < -0.4 is 5.32 Å². The Kier molecular flexibility index (Phi) is 5.35. The van der Waals surface area contributed by atoms with E-state index in [1.54, 1.807) is 6.92 Å². The van der Waals surface area contributed by atoms with Crippen LogP contribution in [0.3, 0.4) is 0 Å². The van der Waals surface area contributed by atoms with Gasteiger partial charge in [-0.25, -0.2) is 4.79 Å². The van der Waals surface area contributed by atoms with E-state index in [1.807, 2.05) is 30.3 Å². The lowest BCUT2D eigenvalue weighted by Gasteiger charge is -2.07. The van der Waals surface area contributed by atoms with Crippen molar-refractivity contribution in [1.82, 2.24) is 0 Å². The van der Waals surface area contributed by atoms with E-state index in [1.165, 1.54) is 18.3 Å². The van der Waals surface area contributed by atoms with E-state index in [0.29, 0.717) is 17.2 Å². The SMILES string of the molecule is CCOC(=O)c1c(NC(C)=O)sc(I)c1-c1ccccc1. The van der Waals surface area contributed by atoms with Gasteiger partial charge in [-0.3, -0.25) is 4.79 Å². The molecular weight excluding hydrogens is 401 g/mol. The number of hydrogen-bond donors (Lipinski definition) is 1. The molecule has 2 rings (SSSR count). The zero-order valence-corrected chi connectivity index (χ0v) is 14.6. The van der Waals surface area contributed by atoms with Crippen molar-refractivity contribution in [3.8, 4) is 11.1 Å². The van der Waals surface area contributed by atoms with Crippen LogP contribution in [0, 0.1) is 2.88 Å². The number of halogens is 1. The number of nitrogens with one attached hydrogen (secondary N) is 1. The van der Waals surface area contributed by atoms with Gasteiger partial charge in [0.2, 0.25) is 5.91 Å². The molecule has 1 aromatic carbocycles. The minimum atomic E-state index is -0.417. The van der Waals surface area contributed by atoms with Crippen molar-refractivity contribution in [2.24, 2.45) is 0 Å². The molecule has 0 fully saturated rings. The summed E-state index contributed by atoms with van der Waals surface area (Å²) in [5.41, 5.74) is 2.16. The average Bonchev–Trinajstić information content (AvgIpc) is 2.75. The number of amides is 1. The van der Waals surface area contributed by atoms with Crippen molar-refractivity contribution in [3.63, 3.8) is 0 Å². The summed E-state index contributed by atoms with van der Waals surface area (Å²) in [4.78, 5) is 23.6. The molecular formula is C15H14INO3S. The van der Waals surface area contributed by atoms with Gasteiger partial charge in [0, 0.05) is 12.5 Å². The van der Waals surface area contributed by atoms with E-state index in [-0.39, 0.29) is 5.91 Å². The Balaban J connectivity index is 2.60. The summed E-state index contributed by atoms with van der Waals surface area (Å²) in [7, 11) is 0. The first-order valence-corrected chi connectivity index (χ1v) is 8.26. The highest BCUT2D eigenvalue weighted by Crippen LogP contribution is 2.41. The van der Waals surface area contributed by atoms with Crippen LogP contribution in [0.25, 0.3) is 11.1 Å². The van der Waals surface area contributed by atoms with Crippen LogP contribution in [-0.4, -0.2) is 18.5 Å². The maximum absolute atomic E-state index is 12.3. The number of benzene rings is 1. The van der Waals surface area contributed by atoms with E-state index in [2.05, 4.69) is 27.9 Å². The monoisotopic (exact) mass is 415 g/mol. The zero-order chi connectivity index (χ0) is 15.4. The second-order valence-electron chi connectivity index (χ2n) is 4.22. The molecule has 6 heteroatoms. The highest BCUT2D eigenvalue weighted by molar-refractivity contribution is 14.1. The fourth-order valence-electron chi connectivity index (χ4n) is 1.91. The highest BCUT2D eigenvalue weighted by Gasteiger charge is 2.25. The minimum Gasteiger partial charge on any atom is -0.462 e. The number of carbonyl (C=O) groups excluding carboxylic acids is 2. The van der Waals surface area contributed by atoms with Crippen molar-refractivity contribution >= 4 is 50.8 Å². The molecule has 0 atom stereocenters. The number of anilines is 1. The summed E-state index contributed by atoms with van der Waals surface area (Å²) in [6.45, 7) is 3.47. The van der Waals surface area contributed by atoms with E-state index in [9.17, 15) is 9.59 Å². The van der Waals surface area contributed by atoms with Gasteiger partial charge in [-0.15, -0.1) is 11.3 Å². The molecule has 1 heterocycles. The van der Waals surface area contributed by atoms with Crippen molar-refractivity contribution in [3.05, 3.63) is 38.8 Å². The Hall–Kier alpha value is -1.41. The quantitative estimate of drug-likeness (QED) is 0.603. The topological polar surface area (TPSA) is 55.4 Å². The fraction of sp³-hybridized carbons (Fsp3) is 0.200. The fourth-order valence-corrected chi connectivity index (χ4v) is 4.14. The summed E-state index contributed by atoms with van der Waals surface area (Å²) in [5.74, 6) is -0.628. The molecule has 4 nitrogen and oxygen atoms in total. The molecule has 0 bridgehead atoms. The lowest BCUT2D eigenvalue weighted by atomic mass is 10.0. The van der Waals surface area contributed by atoms with Crippen LogP contribution in [0.15, 0.2) is 30.3 Å². The maximum atomic E-state index is 12.3. The van der Waals surface area contributed by atoms with Crippen molar-refractivity contribution in [2.75, 3.05) is 11.9 Å². The standard InChI is InChI=1S/C15H14INO3S/c1-3-20-15(19)12-11(10-7-5-4-6-8-10)13(16)21-14(12)17-9(2)18/h4-8H,3H2,1-2H3,(H,17,18). The molecule has 2 aromatic rings. The lowest BCUT2D eigenvalue weighted by molar-refractivity contribution is -0.114. The summed E-state index contributed by atoms with van der Waals surface area (Å²) in [6.07, 6.45) is 0. The second-order valence-corrected chi connectivity index (χ2v) is 7.05. The molecule has 0 unspecified atom stereocenters. The smallest absolute Gasteiger partial charge is 0.341 e. The maximum Gasteiger partial charge on any atom is 0.341 e. The molecule has 0 aliphatic rings. The second kappa shape index (κ2) is 7.04. The molecule has 0 spiro atoms. The van der Waals surface area contributed by atoms with E-state index in [4.69, 9.17) is 4.74 Å². The van der Waals surface area contributed by atoms with Crippen LogP contribution in [0.1, 0.15) is 24.2 Å². The third-order valence-electron chi connectivity index (χ3n) is 2.70. The number of thiophene rings is 1. The zero-order valence-electron chi connectivity index (χ0n) is 11.6. The molecule has 1 amide bonds. The Morgan fingerprint density at radius 1 is 1.29 bits per heavy atom. The summed E-state index contributed by atoms with van der Waals surface area (Å²) in [6, 6.07) is 9.61. The lowest BCUT2D eigenvalue weighted by Crippen LogP contribution is -2.11. The van der Waals surface area contributed by atoms with Gasteiger partial charge in [0.1, 0.15) is 10.6 Å². The van der Waals surface area contributed by atoms with Gasteiger partial charge in [-0.1, -0.05) is 30.3 Å². The molecule has 1 aromatic heterocycles. The van der Waals surface area contributed by atoms with Crippen LogP contribution in [0.5, 0.6) is 0 Å². The number of rotatable bonds is 4. The van der Waals surface area contributed by atoms with Gasteiger partial charge >= 0.3 is 5.97 Å². The first kappa shape index (κ1) is 16.0. The third kappa shape index (κ3) is 3.62. The molecule has 0 aliphatic heterocycles. The van der Waals surface area contributed by atoms with Gasteiger partial charge in [-0.2, -0.15) is 0 Å². The summed E-state index contributed by atoms with van der Waals surface area (Å²) >= 11 is 3.55. The van der Waals surface area contributed by atoms with Gasteiger partial charge in [-0.05, 0) is 35.1 Å². The Labute approximate surface area is 140 Å². The first-order valence-electron chi connectivity index (χ1n) is 6.37. The van der Waals surface area contributed by atoms with Crippen molar-refractivity contribution < 1.29 is 14.3 Å². The first-order chi connectivity index (χ1) is 10.0. The van der Waals surface area contributed by atoms with Crippen molar-refractivity contribution in [2.45, 2.75) is 13.8 Å². The molecule has 110 valence electrons. The van der Waals surface area contributed by atoms with E-state index >= 15 is 0 Å². The van der Waals surface area contributed by atoms with Crippen LogP contribution in [-0.2, 0) is 9.53 Å². The largest absolute Gasteiger partial charge is 0.462 e. The van der Waals surface area contributed by atoms with E-state index in [0.717, 1.165) is 14.0 Å². The van der Waals surface area contributed by atoms with E-state index < -0.39 is 5.97 Å². The van der Waals surface area contributed by atoms with Gasteiger partial charge in [0.15, 0.2) is 0 Å². The Morgan fingerprint density at radius 3 is 2.52 bits per heavy atom. The predicted molar refractivity (Wildman–Crippen MR) is 92.7 cm³/mol. The van der Waals surface area contributed by atoms with Gasteiger partial charge < -0.3 is 10.1 Å². The van der Waals surface area contributed by atoms with Gasteiger partial charge in [0.25, 0.3) is 0 Å². The molecule has 0 radical (unpaired) electrons. The molecule has 0 aliphatic carbocycles. The number of ether oxygens (including phenoxy) is 1. The number of esters is 1. The minimum absolute atomic E-state index is 0.210. The van der Waals surface area contributed by atoms with Crippen LogP contribution in [0.2, 0.25) is 0 Å².